The molecule has 0 radical (unpaired) electrons. The number of anilines is 1. The molecule has 88 valence electrons. The molecule has 5 nitrogen and oxygen atoms in total. The van der Waals surface area contributed by atoms with Crippen LogP contribution in [-0.2, 0) is 0 Å². The third-order valence-corrected chi connectivity index (χ3v) is 2.28. The van der Waals surface area contributed by atoms with Gasteiger partial charge in [-0.05, 0) is 36.5 Å². The van der Waals surface area contributed by atoms with Crippen LogP contribution in [0.15, 0.2) is 24.3 Å². The Morgan fingerprint density at radius 1 is 1.41 bits per heavy atom. The Hall–Kier alpha value is -1.31. The minimum atomic E-state index is 0.00394. The number of rotatable bonds is 2. The van der Waals surface area contributed by atoms with Crippen molar-refractivity contribution < 1.29 is 4.84 Å². The minimum Gasteiger partial charge on any atom is -0.365 e. The molecular weight excluding hydrogens is 280 g/mol. The summed E-state index contributed by atoms with van der Waals surface area (Å²) in [6, 6.07) is 7.02. The second-order valence-electron chi connectivity index (χ2n) is 3.03. The molecule has 2 N–H and O–H groups in total. The molecule has 0 bridgehead atoms. The Morgan fingerprint density at radius 3 is 2.65 bits per heavy atom. The molecule has 0 spiro atoms. The molecule has 17 heavy (non-hydrogen) atoms. The van der Waals surface area contributed by atoms with E-state index in [1.54, 1.807) is 24.3 Å². The van der Waals surface area contributed by atoms with E-state index in [1.807, 2.05) is 0 Å². The fraction of sp³-hybridized carbons (Fsp3) is 0. The van der Waals surface area contributed by atoms with Crippen molar-refractivity contribution in [3.63, 3.8) is 0 Å². The summed E-state index contributed by atoms with van der Waals surface area (Å²) in [6.45, 7) is 0. The van der Waals surface area contributed by atoms with Gasteiger partial charge in [0, 0.05) is 10.6 Å². The quantitative estimate of drug-likeness (QED) is 0.651. The summed E-state index contributed by atoms with van der Waals surface area (Å²) < 4.78 is 0.00394. The zero-order chi connectivity index (χ0) is 12.4. The average molecular weight is 287 g/mol. The maximum Gasteiger partial charge on any atom is 0.258 e. The predicted molar refractivity (Wildman–Crippen MR) is 73.0 cm³/mol. The van der Waals surface area contributed by atoms with E-state index in [9.17, 15) is 0 Å². The second kappa shape index (κ2) is 4.91. The van der Waals surface area contributed by atoms with Crippen LogP contribution in [0.3, 0.4) is 0 Å². The molecule has 0 unspecified atom stereocenters. The van der Waals surface area contributed by atoms with E-state index >= 15 is 0 Å². The van der Waals surface area contributed by atoms with E-state index in [-0.39, 0.29) is 10.3 Å². The molecule has 1 heterocycles. The number of nitrogens with two attached hydrogens (primary N) is 1. The van der Waals surface area contributed by atoms with Gasteiger partial charge in [-0.15, -0.1) is 5.10 Å². The molecule has 0 saturated heterocycles. The lowest BCUT2D eigenvalue weighted by molar-refractivity contribution is 0.241. The lowest BCUT2D eigenvalue weighted by atomic mass is 10.2. The van der Waals surface area contributed by atoms with Crippen LogP contribution >= 0.6 is 36.4 Å². The Morgan fingerprint density at radius 2 is 2.06 bits per heavy atom. The van der Waals surface area contributed by atoms with E-state index < -0.39 is 0 Å². The highest BCUT2D eigenvalue weighted by atomic mass is 35.5. The molecule has 0 atom stereocenters. The highest BCUT2D eigenvalue weighted by Gasteiger charge is 2.10. The van der Waals surface area contributed by atoms with Gasteiger partial charge in [-0.3, -0.25) is 0 Å². The van der Waals surface area contributed by atoms with Crippen LogP contribution in [0.4, 0.5) is 5.95 Å². The zero-order valence-corrected chi connectivity index (χ0v) is 10.8. The molecule has 1 aromatic heterocycles. The maximum absolute atomic E-state index is 5.78. The smallest absolute Gasteiger partial charge is 0.258 e. The van der Waals surface area contributed by atoms with Gasteiger partial charge < -0.3 is 10.6 Å². The predicted octanol–water partition coefficient (Wildman–Crippen LogP) is 1.82. The monoisotopic (exact) mass is 286 g/mol. The molecule has 1 aromatic carbocycles. The molecule has 0 amide bonds. The van der Waals surface area contributed by atoms with Crippen LogP contribution in [0.5, 0.6) is 0 Å². The van der Waals surface area contributed by atoms with Crippen molar-refractivity contribution in [2.24, 2.45) is 0 Å². The van der Waals surface area contributed by atoms with Gasteiger partial charge in [-0.1, -0.05) is 29.1 Å². The lowest BCUT2D eigenvalue weighted by Gasteiger charge is -1.99. The van der Waals surface area contributed by atoms with Crippen molar-refractivity contribution in [3.8, 4) is 11.4 Å². The van der Waals surface area contributed by atoms with Gasteiger partial charge in [0.15, 0.2) is 5.82 Å². The second-order valence-corrected chi connectivity index (χ2v) is 4.55. The number of nitrogens with zero attached hydrogens (tertiary/aromatic N) is 3. The van der Waals surface area contributed by atoms with Gasteiger partial charge in [0.25, 0.3) is 10.3 Å². The molecule has 0 aliphatic carbocycles. The minimum absolute atomic E-state index is 0.00394. The first-order chi connectivity index (χ1) is 8.06. The van der Waals surface area contributed by atoms with Crippen molar-refractivity contribution in [2.75, 3.05) is 5.73 Å². The molecule has 0 aliphatic rings. The summed E-state index contributed by atoms with van der Waals surface area (Å²) >= 11 is 14.3. The molecule has 0 saturated carbocycles. The van der Waals surface area contributed by atoms with E-state index in [0.717, 1.165) is 10.4 Å². The summed E-state index contributed by atoms with van der Waals surface area (Å²) in [5.74, 6) is 0.509. The third kappa shape index (κ3) is 2.87. The standard InChI is InChI=1S/C9H7ClN4OS2/c10-6-3-1-5(2-4-6)7-12-8(11)14(13-7)15-9(16)17/h1-4H,(H,16,17)(H2,11,12,13). The van der Waals surface area contributed by atoms with E-state index in [2.05, 4.69) is 34.9 Å². The number of nitrogen functional groups attached to an aromatic ring is 1. The first kappa shape index (κ1) is 12.2. The SMILES string of the molecule is Nc1nc(-c2ccc(Cl)cc2)nn1OC(=S)S. The number of halogens is 1. The molecule has 2 aromatic rings. The molecular formula is C9H7ClN4OS2. The van der Waals surface area contributed by atoms with Crippen LogP contribution < -0.4 is 10.6 Å². The molecule has 0 aliphatic heterocycles. The Labute approximate surface area is 113 Å². The normalized spacial score (nSPS) is 10.2. The van der Waals surface area contributed by atoms with E-state index in [4.69, 9.17) is 22.2 Å². The van der Waals surface area contributed by atoms with Gasteiger partial charge in [0.05, 0.1) is 0 Å². The van der Waals surface area contributed by atoms with Crippen LogP contribution in [0.25, 0.3) is 11.4 Å². The fourth-order valence-corrected chi connectivity index (χ4v) is 1.45. The Balaban J connectivity index is 2.34. The van der Waals surface area contributed by atoms with Crippen molar-refractivity contribution >= 4 is 46.8 Å². The number of benzene rings is 1. The first-order valence-corrected chi connectivity index (χ1v) is 5.69. The highest BCUT2D eigenvalue weighted by Crippen LogP contribution is 2.18. The summed E-state index contributed by atoms with van der Waals surface area (Å²) in [5.41, 5.74) is 6.37. The maximum atomic E-state index is 5.78. The molecule has 2 rings (SSSR count). The number of hydrogen-bond donors (Lipinski definition) is 2. The summed E-state index contributed by atoms with van der Waals surface area (Å²) in [4.78, 5) is 10.0. The number of thiol groups is 1. The summed E-state index contributed by atoms with van der Waals surface area (Å²) in [6.07, 6.45) is 0. The Kier molecular flexibility index (Phi) is 3.51. The third-order valence-electron chi connectivity index (χ3n) is 1.87. The van der Waals surface area contributed by atoms with Gasteiger partial charge in [-0.2, -0.15) is 4.98 Å². The summed E-state index contributed by atoms with van der Waals surface area (Å²) in [7, 11) is 0. The van der Waals surface area contributed by atoms with Crippen molar-refractivity contribution in [2.45, 2.75) is 0 Å². The van der Waals surface area contributed by atoms with Gasteiger partial charge in [-0.25, -0.2) is 0 Å². The van der Waals surface area contributed by atoms with Crippen LogP contribution in [0.1, 0.15) is 0 Å². The fourth-order valence-electron chi connectivity index (χ4n) is 1.17. The van der Waals surface area contributed by atoms with E-state index in [1.165, 1.54) is 0 Å². The first-order valence-electron chi connectivity index (χ1n) is 4.46. The van der Waals surface area contributed by atoms with E-state index in [0.29, 0.717) is 10.8 Å². The van der Waals surface area contributed by atoms with Crippen molar-refractivity contribution in [1.82, 2.24) is 14.9 Å². The van der Waals surface area contributed by atoms with Crippen LogP contribution in [-0.4, -0.2) is 19.3 Å². The largest absolute Gasteiger partial charge is 0.365 e. The molecule has 0 fully saturated rings. The van der Waals surface area contributed by atoms with Crippen molar-refractivity contribution in [1.29, 1.82) is 0 Å². The average Bonchev–Trinajstić information content (AvgIpc) is 2.60. The van der Waals surface area contributed by atoms with Gasteiger partial charge >= 0.3 is 0 Å². The topological polar surface area (TPSA) is 66.0 Å². The number of thiocarbonyl (C=S) groups is 1. The summed E-state index contributed by atoms with van der Waals surface area (Å²) in [5, 5.41) is 4.66. The number of aromatic nitrogens is 3. The van der Waals surface area contributed by atoms with Gasteiger partial charge in [0.2, 0.25) is 0 Å². The number of hydrogen-bond acceptors (Lipinski definition) is 5. The van der Waals surface area contributed by atoms with Gasteiger partial charge in [0.1, 0.15) is 0 Å². The lowest BCUT2D eigenvalue weighted by Crippen LogP contribution is -2.17. The Bertz CT molecular complexity index is 555. The highest BCUT2D eigenvalue weighted by molar-refractivity contribution is 8.10. The van der Waals surface area contributed by atoms with Crippen LogP contribution in [0.2, 0.25) is 5.02 Å². The zero-order valence-electron chi connectivity index (χ0n) is 8.37. The van der Waals surface area contributed by atoms with Crippen LogP contribution in [0, 0.1) is 0 Å². The van der Waals surface area contributed by atoms with Crippen molar-refractivity contribution in [3.05, 3.63) is 29.3 Å². The molecule has 8 heteroatoms.